The Morgan fingerprint density at radius 1 is 1.37 bits per heavy atom. The predicted octanol–water partition coefficient (Wildman–Crippen LogP) is 2.58. The molecule has 1 atom stereocenters. The Morgan fingerprint density at radius 2 is 2.37 bits per heavy atom. The van der Waals surface area contributed by atoms with E-state index in [-0.39, 0.29) is 0 Å². The number of nitrogens with one attached hydrogen (secondary N) is 1. The molecule has 5 heteroatoms. The monoisotopic (exact) mass is 275 g/mol. The lowest BCUT2D eigenvalue weighted by Gasteiger charge is -2.22. The van der Waals surface area contributed by atoms with Gasteiger partial charge in [-0.1, -0.05) is 6.07 Å². The molecule has 2 aromatic rings. The summed E-state index contributed by atoms with van der Waals surface area (Å²) in [5.41, 5.74) is 0.904. The van der Waals surface area contributed by atoms with Crippen LogP contribution in [0.3, 0.4) is 0 Å². The van der Waals surface area contributed by atoms with E-state index < -0.39 is 0 Å². The molecule has 3 heterocycles. The van der Waals surface area contributed by atoms with E-state index in [0.29, 0.717) is 11.8 Å². The minimum absolute atomic E-state index is 0.590. The van der Waals surface area contributed by atoms with Crippen LogP contribution in [0.15, 0.2) is 29.9 Å². The molecule has 1 aliphatic heterocycles. The summed E-state index contributed by atoms with van der Waals surface area (Å²) < 4.78 is 5.71. The smallest absolute Gasteiger partial charge is 0.232 e. The zero-order valence-electron chi connectivity index (χ0n) is 10.7. The van der Waals surface area contributed by atoms with Crippen molar-refractivity contribution >= 4 is 11.3 Å². The first-order valence-electron chi connectivity index (χ1n) is 6.61. The molecule has 3 rings (SSSR count). The van der Waals surface area contributed by atoms with Crippen molar-refractivity contribution in [3.63, 3.8) is 0 Å². The number of hydrogen-bond donors (Lipinski definition) is 1. The molecule has 1 N–H and O–H groups in total. The van der Waals surface area contributed by atoms with Crippen LogP contribution in [0.25, 0.3) is 10.6 Å². The molecule has 100 valence electrons. The summed E-state index contributed by atoms with van der Waals surface area (Å²) in [5, 5.41) is 5.42. The van der Waals surface area contributed by atoms with Gasteiger partial charge in [-0.15, -0.1) is 11.3 Å². The summed E-state index contributed by atoms with van der Waals surface area (Å²) in [6.45, 7) is 2.90. The third kappa shape index (κ3) is 3.30. The fraction of sp³-hybridized carbons (Fsp3) is 0.429. The number of hydrogen-bond acceptors (Lipinski definition) is 5. The predicted molar refractivity (Wildman–Crippen MR) is 76.4 cm³/mol. The van der Waals surface area contributed by atoms with Crippen LogP contribution in [0.1, 0.15) is 12.8 Å². The van der Waals surface area contributed by atoms with Gasteiger partial charge in [-0.3, -0.25) is 0 Å². The number of thiophene rings is 1. The van der Waals surface area contributed by atoms with Crippen molar-refractivity contribution in [1.29, 1.82) is 0 Å². The zero-order chi connectivity index (χ0) is 12.9. The Morgan fingerprint density at radius 3 is 3.05 bits per heavy atom. The molecule has 0 radical (unpaired) electrons. The molecule has 0 amide bonds. The summed E-state index contributed by atoms with van der Waals surface area (Å²) in [7, 11) is 0. The molecule has 19 heavy (non-hydrogen) atoms. The van der Waals surface area contributed by atoms with E-state index >= 15 is 0 Å². The van der Waals surface area contributed by atoms with Crippen LogP contribution in [-0.4, -0.2) is 29.7 Å². The van der Waals surface area contributed by atoms with E-state index in [4.69, 9.17) is 4.74 Å². The van der Waals surface area contributed by atoms with Crippen LogP contribution in [0.5, 0.6) is 5.88 Å². The van der Waals surface area contributed by atoms with Crippen LogP contribution < -0.4 is 10.1 Å². The molecule has 0 aliphatic carbocycles. The van der Waals surface area contributed by atoms with Crippen molar-refractivity contribution < 1.29 is 4.74 Å². The van der Waals surface area contributed by atoms with Gasteiger partial charge in [0.2, 0.25) is 5.88 Å². The zero-order valence-corrected chi connectivity index (χ0v) is 11.5. The average molecular weight is 275 g/mol. The molecule has 0 saturated carbocycles. The van der Waals surface area contributed by atoms with Crippen LogP contribution >= 0.6 is 11.3 Å². The van der Waals surface area contributed by atoms with Crippen molar-refractivity contribution in [2.75, 3.05) is 19.7 Å². The second kappa shape index (κ2) is 6.12. The highest BCUT2D eigenvalue weighted by Gasteiger charge is 2.13. The van der Waals surface area contributed by atoms with Crippen LogP contribution in [0.4, 0.5) is 0 Å². The van der Waals surface area contributed by atoms with Crippen molar-refractivity contribution in [1.82, 2.24) is 15.3 Å². The molecule has 2 aromatic heterocycles. The number of aromatic nitrogens is 2. The second-order valence-electron chi connectivity index (χ2n) is 4.74. The van der Waals surface area contributed by atoms with Gasteiger partial charge < -0.3 is 10.1 Å². The largest absolute Gasteiger partial charge is 0.476 e. The first-order valence-corrected chi connectivity index (χ1v) is 7.49. The maximum absolute atomic E-state index is 5.71. The van der Waals surface area contributed by atoms with Gasteiger partial charge in [-0.25, -0.2) is 9.97 Å². The third-order valence-electron chi connectivity index (χ3n) is 3.27. The lowest BCUT2D eigenvalue weighted by molar-refractivity contribution is 0.211. The van der Waals surface area contributed by atoms with E-state index in [9.17, 15) is 0 Å². The highest BCUT2D eigenvalue weighted by Crippen LogP contribution is 2.22. The Kier molecular flexibility index (Phi) is 4.05. The number of ether oxygens (including phenoxy) is 1. The van der Waals surface area contributed by atoms with Gasteiger partial charge in [0.25, 0.3) is 0 Å². The van der Waals surface area contributed by atoms with Crippen molar-refractivity contribution in [3.05, 3.63) is 29.9 Å². The van der Waals surface area contributed by atoms with E-state index in [0.717, 1.165) is 30.3 Å². The van der Waals surface area contributed by atoms with E-state index in [2.05, 4.69) is 15.3 Å². The first kappa shape index (κ1) is 12.6. The number of rotatable bonds is 4. The minimum atomic E-state index is 0.590. The molecule has 0 bridgehead atoms. The maximum Gasteiger partial charge on any atom is 0.232 e. The third-order valence-corrected chi connectivity index (χ3v) is 4.16. The Labute approximate surface area is 116 Å². The number of piperidine rings is 1. The van der Waals surface area contributed by atoms with E-state index in [1.165, 1.54) is 12.8 Å². The molecule has 0 aromatic carbocycles. The van der Waals surface area contributed by atoms with Gasteiger partial charge in [0.05, 0.1) is 29.6 Å². The fourth-order valence-electron chi connectivity index (χ4n) is 2.21. The van der Waals surface area contributed by atoms with E-state index in [1.54, 1.807) is 23.7 Å². The van der Waals surface area contributed by atoms with E-state index in [1.807, 2.05) is 17.5 Å². The van der Waals surface area contributed by atoms with Crippen LogP contribution in [0.2, 0.25) is 0 Å². The molecule has 4 nitrogen and oxygen atoms in total. The highest BCUT2D eigenvalue weighted by atomic mass is 32.1. The SMILES string of the molecule is c1csc(-c2cnc(OCC3CCCNC3)cn2)c1. The standard InChI is InChI=1S/C14H17N3OS/c1-3-11(7-15-5-1)10-18-14-9-16-12(8-17-14)13-4-2-6-19-13/h2,4,6,8-9,11,15H,1,3,5,7,10H2. The molecule has 1 unspecified atom stereocenters. The molecular formula is C14H17N3OS. The number of nitrogens with zero attached hydrogens (tertiary/aromatic N) is 2. The molecular weight excluding hydrogens is 258 g/mol. The summed E-state index contributed by atoms with van der Waals surface area (Å²) in [6, 6.07) is 4.06. The maximum atomic E-state index is 5.71. The van der Waals surface area contributed by atoms with Gasteiger partial charge in [0, 0.05) is 12.5 Å². The van der Waals surface area contributed by atoms with Gasteiger partial charge in [-0.2, -0.15) is 0 Å². The van der Waals surface area contributed by atoms with Crippen molar-refractivity contribution in [2.45, 2.75) is 12.8 Å². The average Bonchev–Trinajstić information content (AvgIpc) is 3.01. The quantitative estimate of drug-likeness (QED) is 0.931. The first-order chi connectivity index (χ1) is 9.42. The summed E-state index contributed by atoms with van der Waals surface area (Å²) in [6.07, 6.45) is 5.95. The van der Waals surface area contributed by atoms with Crippen LogP contribution in [0, 0.1) is 5.92 Å². The molecule has 1 aliphatic rings. The Hall–Kier alpha value is -1.46. The van der Waals surface area contributed by atoms with Gasteiger partial charge in [0.15, 0.2) is 0 Å². The molecule has 1 fully saturated rings. The van der Waals surface area contributed by atoms with Crippen LogP contribution in [-0.2, 0) is 0 Å². The lowest BCUT2D eigenvalue weighted by atomic mass is 10.0. The highest BCUT2D eigenvalue weighted by molar-refractivity contribution is 7.13. The summed E-state index contributed by atoms with van der Waals surface area (Å²) in [4.78, 5) is 9.85. The van der Waals surface area contributed by atoms with Gasteiger partial charge in [0.1, 0.15) is 0 Å². The minimum Gasteiger partial charge on any atom is -0.476 e. The molecule has 1 saturated heterocycles. The second-order valence-corrected chi connectivity index (χ2v) is 5.69. The topological polar surface area (TPSA) is 47.0 Å². The Balaban J connectivity index is 1.57. The molecule has 0 spiro atoms. The summed E-state index contributed by atoms with van der Waals surface area (Å²) >= 11 is 1.67. The van der Waals surface area contributed by atoms with Gasteiger partial charge in [-0.05, 0) is 30.8 Å². The normalized spacial score (nSPS) is 19.3. The Bertz CT molecular complexity index is 492. The van der Waals surface area contributed by atoms with Gasteiger partial charge >= 0.3 is 0 Å². The summed E-state index contributed by atoms with van der Waals surface area (Å²) in [5.74, 6) is 1.21. The van der Waals surface area contributed by atoms with Crippen molar-refractivity contribution in [2.24, 2.45) is 5.92 Å². The lowest BCUT2D eigenvalue weighted by Crippen LogP contribution is -2.33. The van der Waals surface area contributed by atoms with Crippen molar-refractivity contribution in [3.8, 4) is 16.5 Å². The fourth-order valence-corrected chi connectivity index (χ4v) is 2.90.